The van der Waals surface area contributed by atoms with Gasteiger partial charge in [0, 0.05) is 4.47 Å². The Bertz CT molecular complexity index is 459. The van der Waals surface area contributed by atoms with Crippen molar-refractivity contribution >= 4 is 27.5 Å². The lowest BCUT2D eigenvalue weighted by Crippen LogP contribution is -2.39. The van der Waals surface area contributed by atoms with Crippen molar-refractivity contribution in [2.45, 2.75) is 19.3 Å². The van der Waals surface area contributed by atoms with Gasteiger partial charge in [-0.05, 0) is 79.9 Å². The Morgan fingerprint density at radius 3 is 2.71 bits per heavy atom. The zero-order valence-electron chi connectivity index (χ0n) is 12.6. The lowest BCUT2D eigenvalue weighted by molar-refractivity contribution is -0.117. The summed E-state index contributed by atoms with van der Waals surface area (Å²) in [5, 5.41) is 6.17. The predicted octanol–water partition coefficient (Wildman–Crippen LogP) is 2.71. The molecule has 0 unspecified atom stereocenters. The van der Waals surface area contributed by atoms with E-state index >= 15 is 0 Å². The molecule has 1 aliphatic rings. The second-order valence-electron chi connectivity index (χ2n) is 5.64. The fraction of sp³-hybridized carbons (Fsp3) is 0.562. The Morgan fingerprint density at radius 1 is 1.33 bits per heavy atom. The molecule has 116 valence electrons. The second kappa shape index (κ2) is 8.51. The molecule has 1 aliphatic heterocycles. The van der Waals surface area contributed by atoms with Gasteiger partial charge in [0.05, 0.1) is 12.2 Å². The maximum absolute atomic E-state index is 12.1. The van der Waals surface area contributed by atoms with E-state index in [2.05, 4.69) is 31.5 Å². The summed E-state index contributed by atoms with van der Waals surface area (Å²) in [4.78, 5) is 14.4. The van der Waals surface area contributed by atoms with E-state index in [0.717, 1.165) is 35.7 Å². The van der Waals surface area contributed by atoms with Crippen LogP contribution in [-0.4, -0.2) is 44.0 Å². The summed E-state index contributed by atoms with van der Waals surface area (Å²) >= 11 is 3.45. The maximum atomic E-state index is 12.1. The first-order chi connectivity index (χ1) is 10.2. The molecule has 1 fully saturated rings. The molecule has 1 heterocycles. The van der Waals surface area contributed by atoms with Gasteiger partial charge in [-0.3, -0.25) is 9.69 Å². The second-order valence-corrected chi connectivity index (χ2v) is 6.49. The summed E-state index contributed by atoms with van der Waals surface area (Å²) < 4.78 is 0.920. The number of benzene rings is 1. The van der Waals surface area contributed by atoms with Gasteiger partial charge in [-0.25, -0.2) is 0 Å². The van der Waals surface area contributed by atoms with E-state index in [1.54, 1.807) is 0 Å². The van der Waals surface area contributed by atoms with Gasteiger partial charge in [0.2, 0.25) is 5.91 Å². The predicted molar refractivity (Wildman–Crippen MR) is 90.5 cm³/mol. The first kappa shape index (κ1) is 16.5. The Balaban J connectivity index is 1.73. The fourth-order valence-electron chi connectivity index (χ4n) is 2.74. The Kier molecular flexibility index (Phi) is 6.67. The third-order valence-corrected chi connectivity index (χ3v) is 4.72. The Labute approximate surface area is 135 Å². The highest BCUT2D eigenvalue weighted by Crippen LogP contribution is 2.22. The molecule has 1 saturated heterocycles. The SMILES string of the molecule is CNCCC1CCN(CC(=O)Nc2ccccc2Br)CC1. The number of piperidine rings is 1. The summed E-state index contributed by atoms with van der Waals surface area (Å²) in [6, 6.07) is 7.71. The topological polar surface area (TPSA) is 44.4 Å². The van der Waals surface area contributed by atoms with Gasteiger partial charge in [0.25, 0.3) is 0 Å². The average molecular weight is 354 g/mol. The zero-order valence-corrected chi connectivity index (χ0v) is 14.2. The molecule has 1 aromatic rings. The number of hydrogen-bond donors (Lipinski definition) is 2. The minimum atomic E-state index is 0.0653. The molecule has 0 aliphatic carbocycles. The summed E-state index contributed by atoms with van der Waals surface area (Å²) in [6.07, 6.45) is 3.64. The van der Waals surface area contributed by atoms with E-state index in [1.807, 2.05) is 31.3 Å². The van der Waals surface area contributed by atoms with Crippen LogP contribution in [0.5, 0.6) is 0 Å². The number of nitrogens with zero attached hydrogens (tertiary/aromatic N) is 1. The van der Waals surface area contributed by atoms with Crippen molar-refractivity contribution in [1.29, 1.82) is 0 Å². The smallest absolute Gasteiger partial charge is 0.238 e. The first-order valence-corrected chi connectivity index (χ1v) is 8.39. The van der Waals surface area contributed by atoms with E-state index in [4.69, 9.17) is 0 Å². The van der Waals surface area contributed by atoms with Crippen molar-refractivity contribution in [2.75, 3.05) is 38.5 Å². The number of likely N-dealkylation sites (tertiary alicyclic amines) is 1. The van der Waals surface area contributed by atoms with Gasteiger partial charge in [-0.15, -0.1) is 0 Å². The lowest BCUT2D eigenvalue weighted by atomic mass is 9.93. The van der Waals surface area contributed by atoms with Crippen LogP contribution in [0.1, 0.15) is 19.3 Å². The van der Waals surface area contributed by atoms with E-state index in [0.29, 0.717) is 6.54 Å². The summed E-state index contributed by atoms with van der Waals surface area (Å²) in [7, 11) is 2.00. The van der Waals surface area contributed by atoms with E-state index in [-0.39, 0.29) is 5.91 Å². The van der Waals surface area contributed by atoms with Crippen molar-refractivity contribution in [3.8, 4) is 0 Å². The summed E-state index contributed by atoms with van der Waals surface area (Å²) in [5.74, 6) is 0.871. The summed E-state index contributed by atoms with van der Waals surface area (Å²) in [6.45, 7) is 3.63. The van der Waals surface area contributed by atoms with Crippen molar-refractivity contribution in [1.82, 2.24) is 10.2 Å². The fourth-order valence-corrected chi connectivity index (χ4v) is 3.12. The van der Waals surface area contributed by atoms with Gasteiger partial charge < -0.3 is 10.6 Å². The molecule has 1 aromatic carbocycles. The molecule has 0 saturated carbocycles. The Morgan fingerprint density at radius 2 is 2.05 bits per heavy atom. The van der Waals surface area contributed by atoms with Crippen LogP contribution in [0.3, 0.4) is 0 Å². The number of carbonyl (C=O) groups is 1. The molecule has 0 radical (unpaired) electrons. The van der Waals surface area contributed by atoms with Gasteiger partial charge in [0.15, 0.2) is 0 Å². The number of para-hydroxylation sites is 1. The number of anilines is 1. The van der Waals surface area contributed by atoms with Crippen LogP contribution >= 0.6 is 15.9 Å². The number of amides is 1. The number of rotatable bonds is 6. The van der Waals surface area contributed by atoms with Crippen LogP contribution in [0.2, 0.25) is 0 Å². The lowest BCUT2D eigenvalue weighted by Gasteiger charge is -2.31. The molecule has 0 aromatic heterocycles. The van der Waals surface area contributed by atoms with Crippen molar-refractivity contribution in [2.24, 2.45) is 5.92 Å². The highest BCUT2D eigenvalue weighted by atomic mass is 79.9. The highest BCUT2D eigenvalue weighted by Gasteiger charge is 2.20. The minimum absolute atomic E-state index is 0.0653. The van der Waals surface area contributed by atoms with E-state index < -0.39 is 0 Å². The van der Waals surface area contributed by atoms with Crippen LogP contribution in [0, 0.1) is 5.92 Å². The van der Waals surface area contributed by atoms with Crippen molar-refractivity contribution < 1.29 is 4.79 Å². The quantitative estimate of drug-likeness (QED) is 0.826. The third-order valence-electron chi connectivity index (χ3n) is 4.02. The standard InChI is InChI=1S/C16H24BrN3O/c1-18-9-6-13-7-10-20(11-8-13)12-16(21)19-15-5-3-2-4-14(15)17/h2-5,13,18H,6-12H2,1H3,(H,19,21). The van der Waals surface area contributed by atoms with Gasteiger partial charge in [0.1, 0.15) is 0 Å². The summed E-state index contributed by atoms with van der Waals surface area (Å²) in [5.41, 5.74) is 0.839. The Hall–Kier alpha value is -0.910. The average Bonchev–Trinajstić information content (AvgIpc) is 2.49. The molecule has 5 heteroatoms. The monoisotopic (exact) mass is 353 g/mol. The van der Waals surface area contributed by atoms with E-state index in [1.165, 1.54) is 19.3 Å². The van der Waals surface area contributed by atoms with Gasteiger partial charge >= 0.3 is 0 Å². The molecular formula is C16H24BrN3O. The van der Waals surface area contributed by atoms with Crippen LogP contribution < -0.4 is 10.6 Å². The van der Waals surface area contributed by atoms with Crippen LogP contribution in [0.15, 0.2) is 28.7 Å². The molecular weight excluding hydrogens is 330 g/mol. The molecule has 2 rings (SSSR count). The molecule has 2 N–H and O–H groups in total. The third kappa shape index (κ3) is 5.41. The van der Waals surface area contributed by atoms with Crippen LogP contribution in [-0.2, 0) is 4.79 Å². The first-order valence-electron chi connectivity index (χ1n) is 7.60. The molecule has 1 amide bonds. The van der Waals surface area contributed by atoms with Crippen LogP contribution in [0.4, 0.5) is 5.69 Å². The normalized spacial score (nSPS) is 16.9. The molecule has 4 nitrogen and oxygen atoms in total. The number of carbonyl (C=O) groups excluding carboxylic acids is 1. The highest BCUT2D eigenvalue weighted by molar-refractivity contribution is 9.10. The van der Waals surface area contributed by atoms with Crippen molar-refractivity contribution in [3.05, 3.63) is 28.7 Å². The zero-order chi connectivity index (χ0) is 15.1. The number of nitrogens with one attached hydrogen (secondary N) is 2. The molecule has 0 bridgehead atoms. The van der Waals surface area contributed by atoms with Crippen molar-refractivity contribution in [3.63, 3.8) is 0 Å². The molecule has 0 atom stereocenters. The maximum Gasteiger partial charge on any atom is 0.238 e. The number of hydrogen-bond acceptors (Lipinski definition) is 3. The minimum Gasteiger partial charge on any atom is -0.324 e. The molecule has 0 spiro atoms. The van der Waals surface area contributed by atoms with E-state index in [9.17, 15) is 4.79 Å². The van der Waals surface area contributed by atoms with Gasteiger partial charge in [-0.1, -0.05) is 12.1 Å². The van der Waals surface area contributed by atoms with Crippen LogP contribution in [0.25, 0.3) is 0 Å². The molecule has 21 heavy (non-hydrogen) atoms. The van der Waals surface area contributed by atoms with Gasteiger partial charge in [-0.2, -0.15) is 0 Å². The largest absolute Gasteiger partial charge is 0.324 e. The number of halogens is 1.